The highest BCUT2D eigenvalue weighted by Gasteiger charge is 2.41. The fourth-order valence-corrected chi connectivity index (χ4v) is 2.60. The van der Waals surface area contributed by atoms with Gasteiger partial charge in [0, 0.05) is 6.07 Å². The number of hydrogen-bond donors (Lipinski definition) is 0. The second-order valence-corrected chi connectivity index (χ2v) is 4.92. The summed E-state index contributed by atoms with van der Waals surface area (Å²) in [6.07, 6.45) is -4.81. The van der Waals surface area contributed by atoms with Crippen molar-refractivity contribution < 1.29 is 22.3 Å². The fraction of sp³-hybridized carbons (Fsp3) is 0.300. The van der Waals surface area contributed by atoms with E-state index in [1.54, 1.807) is 0 Å². The quantitative estimate of drug-likeness (QED) is 0.630. The topological polar surface area (TPSA) is 84.0 Å². The number of para-hydroxylation sites is 1. The molecule has 0 radical (unpaired) electrons. The predicted octanol–water partition coefficient (Wildman–Crippen LogP) is 2.40. The smallest absolute Gasteiger partial charge is 0.258 e. The molecule has 0 spiro atoms. The van der Waals surface area contributed by atoms with Gasteiger partial charge in [-0.1, -0.05) is 12.1 Å². The molecular formula is C10H7F3N2O3S. The van der Waals surface area contributed by atoms with Crippen molar-refractivity contribution in [1.29, 1.82) is 5.26 Å². The Balaban J connectivity index is 3.03. The lowest BCUT2D eigenvalue weighted by atomic mass is 10.2. The van der Waals surface area contributed by atoms with Crippen molar-refractivity contribution in [3.8, 4) is 6.07 Å². The lowest BCUT2D eigenvalue weighted by molar-refractivity contribution is -0.387. The molecule has 0 amide bonds. The molecule has 2 unspecified atom stereocenters. The van der Waals surface area contributed by atoms with Gasteiger partial charge in [-0.3, -0.25) is 14.3 Å². The van der Waals surface area contributed by atoms with E-state index in [0.717, 1.165) is 18.2 Å². The number of nitro benzene ring substituents is 1. The average Bonchev–Trinajstić information content (AvgIpc) is 2.34. The number of nitro groups is 1. The van der Waals surface area contributed by atoms with Crippen LogP contribution < -0.4 is 0 Å². The van der Waals surface area contributed by atoms with Crippen molar-refractivity contribution in [2.24, 2.45) is 5.92 Å². The summed E-state index contributed by atoms with van der Waals surface area (Å²) >= 11 is 0. The molecule has 0 aliphatic rings. The first-order valence-corrected chi connectivity index (χ1v) is 6.17. The number of rotatable bonds is 4. The second kappa shape index (κ2) is 5.79. The number of hydrogen-bond acceptors (Lipinski definition) is 4. The average molecular weight is 292 g/mol. The molecule has 5 nitrogen and oxygen atoms in total. The highest BCUT2D eigenvalue weighted by molar-refractivity contribution is 7.85. The predicted molar refractivity (Wildman–Crippen MR) is 59.5 cm³/mol. The Morgan fingerprint density at radius 1 is 1.42 bits per heavy atom. The van der Waals surface area contributed by atoms with Crippen LogP contribution in [0.4, 0.5) is 18.9 Å². The van der Waals surface area contributed by atoms with Crippen LogP contribution in [-0.4, -0.2) is 21.1 Å². The summed E-state index contributed by atoms with van der Waals surface area (Å²) in [4.78, 5) is 9.51. The first-order chi connectivity index (χ1) is 8.77. The molecule has 0 fully saturated rings. The van der Waals surface area contributed by atoms with Crippen molar-refractivity contribution in [2.75, 3.05) is 5.75 Å². The van der Waals surface area contributed by atoms with E-state index in [4.69, 9.17) is 5.26 Å². The summed E-state index contributed by atoms with van der Waals surface area (Å²) in [6, 6.07) is 5.80. The summed E-state index contributed by atoms with van der Waals surface area (Å²) < 4.78 is 48.8. The van der Waals surface area contributed by atoms with Crippen LogP contribution in [0.2, 0.25) is 0 Å². The van der Waals surface area contributed by atoms with Gasteiger partial charge in [0.2, 0.25) is 0 Å². The van der Waals surface area contributed by atoms with Gasteiger partial charge in [-0.25, -0.2) is 0 Å². The Morgan fingerprint density at radius 2 is 2.00 bits per heavy atom. The van der Waals surface area contributed by atoms with Crippen LogP contribution in [0.15, 0.2) is 29.2 Å². The van der Waals surface area contributed by atoms with Gasteiger partial charge in [-0.05, 0) is 6.07 Å². The maximum atomic E-state index is 12.4. The molecule has 1 aromatic carbocycles. The lowest BCUT2D eigenvalue weighted by Crippen LogP contribution is -2.26. The highest BCUT2D eigenvalue weighted by atomic mass is 32.2. The maximum Gasteiger partial charge on any atom is 0.405 e. The lowest BCUT2D eigenvalue weighted by Gasteiger charge is -2.12. The van der Waals surface area contributed by atoms with E-state index in [1.165, 1.54) is 12.1 Å². The van der Waals surface area contributed by atoms with E-state index in [9.17, 15) is 27.5 Å². The van der Waals surface area contributed by atoms with Crippen molar-refractivity contribution in [3.63, 3.8) is 0 Å². The SMILES string of the molecule is N#CC(CS(=O)c1ccccc1[N+](=O)[O-])C(F)(F)F. The van der Waals surface area contributed by atoms with Crippen LogP contribution in [-0.2, 0) is 10.8 Å². The molecule has 0 saturated heterocycles. The third-order valence-corrected chi connectivity index (χ3v) is 3.65. The molecule has 0 aromatic heterocycles. The monoisotopic (exact) mass is 292 g/mol. The van der Waals surface area contributed by atoms with Crippen LogP contribution in [0.25, 0.3) is 0 Å². The zero-order chi connectivity index (χ0) is 14.6. The minimum Gasteiger partial charge on any atom is -0.258 e. The van der Waals surface area contributed by atoms with Gasteiger partial charge in [-0.15, -0.1) is 0 Å². The molecule has 2 atom stereocenters. The summed E-state index contributed by atoms with van der Waals surface area (Å²) in [7, 11) is -2.28. The number of nitriles is 1. The summed E-state index contributed by atoms with van der Waals surface area (Å²) in [6.45, 7) is 0. The molecule has 9 heteroatoms. The molecule has 19 heavy (non-hydrogen) atoms. The summed E-state index contributed by atoms with van der Waals surface area (Å²) in [5.74, 6) is -3.45. The van der Waals surface area contributed by atoms with Gasteiger partial charge in [0.1, 0.15) is 4.90 Å². The largest absolute Gasteiger partial charge is 0.405 e. The van der Waals surface area contributed by atoms with Gasteiger partial charge < -0.3 is 0 Å². The van der Waals surface area contributed by atoms with Gasteiger partial charge >= 0.3 is 6.18 Å². The van der Waals surface area contributed by atoms with E-state index in [2.05, 4.69) is 0 Å². The Morgan fingerprint density at radius 3 is 2.47 bits per heavy atom. The van der Waals surface area contributed by atoms with E-state index < -0.39 is 39.3 Å². The normalized spacial score (nSPS) is 14.4. The van der Waals surface area contributed by atoms with Gasteiger partial charge in [0.05, 0.1) is 27.5 Å². The zero-order valence-electron chi connectivity index (χ0n) is 9.26. The highest BCUT2D eigenvalue weighted by Crippen LogP contribution is 2.29. The summed E-state index contributed by atoms with van der Waals surface area (Å²) in [5.41, 5.74) is -0.528. The molecule has 0 heterocycles. The van der Waals surface area contributed by atoms with E-state index in [-0.39, 0.29) is 4.90 Å². The molecule has 0 aliphatic carbocycles. The standard InChI is InChI=1S/C10H7F3N2O3S/c11-10(12,13)7(5-14)6-19(18)9-4-2-1-3-8(9)15(16)17/h1-4,7H,6H2. The third kappa shape index (κ3) is 3.75. The Bertz CT molecular complexity index is 554. The van der Waals surface area contributed by atoms with E-state index in [1.807, 2.05) is 0 Å². The van der Waals surface area contributed by atoms with Crippen LogP contribution in [0, 0.1) is 27.4 Å². The minimum atomic E-state index is -4.81. The molecule has 0 N–H and O–H groups in total. The number of benzene rings is 1. The molecule has 1 rings (SSSR count). The minimum absolute atomic E-state index is 0.322. The number of halogens is 3. The van der Waals surface area contributed by atoms with Gasteiger partial charge in [-0.2, -0.15) is 18.4 Å². The molecule has 0 saturated carbocycles. The van der Waals surface area contributed by atoms with Crippen LogP contribution in [0.5, 0.6) is 0 Å². The van der Waals surface area contributed by atoms with Crippen LogP contribution >= 0.6 is 0 Å². The maximum absolute atomic E-state index is 12.4. The van der Waals surface area contributed by atoms with Crippen molar-refractivity contribution in [1.82, 2.24) is 0 Å². The second-order valence-electron chi connectivity index (χ2n) is 3.46. The van der Waals surface area contributed by atoms with Crippen molar-refractivity contribution in [3.05, 3.63) is 34.4 Å². The van der Waals surface area contributed by atoms with E-state index in [0.29, 0.717) is 0 Å². The Labute approximate surface area is 108 Å². The Kier molecular flexibility index (Phi) is 4.61. The van der Waals surface area contributed by atoms with Crippen molar-refractivity contribution >= 4 is 16.5 Å². The first kappa shape index (κ1) is 15.1. The zero-order valence-corrected chi connectivity index (χ0v) is 10.1. The van der Waals surface area contributed by atoms with Gasteiger partial charge in [0.15, 0.2) is 5.92 Å². The van der Waals surface area contributed by atoms with E-state index >= 15 is 0 Å². The first-order valence-electron chi connectivity index (χ1n) is 4.85. The molecule has 1 aromatic rings. The molecule has 0 aliphatic heterocycles. The number of nitrogens with zero attached hydrogens (tertiary/aromatic N) is 2. The molecule has 0 bridgehead atoms. The molecule has 102 valence electrons. The van der Waals surface area contributed by atoms with Crippen molar-refractivity contribution in [2.45, 2.75) is 11.1 Å². The Hall–Kier alpha value is -1.95. The summed E-state index contributed by atoms with van der Waals surface area (Å²) in [5, 5.41) is 19.1. The fourth-order valence-electron chi connectivity index (χ4n) is 1.25. The van der Waals surface area contributed by atoms with Gasteiger partial charge in [0.25, 0.3) is 5.69 Å². The number of alkyl halides is 3. The molecular weight excluding hydrogens is 285 g/mol. The third-order valence-electron chi connectivity index (χ3n) is 2.18. The van der Waals surface area contributed by atoms with Crippen LogP contribution in [0.3, 0.4) is 0 Å². The van der Waals surface area contributed by atoms with Crippen LogP contribution in [0.1, 0.15) is 0 Å².